The number of rotatable bonds is 5. The van der Waals surface area contributed by atoms with Gasteiger partial charge in [0.15, 0.2) is 10.8 Å². The molecule has 25 heavy (non-hydrogen) atoms. The molecule has 1 aromatic carbocycles. The van der Waals surface area contributed by atoms with E-state index in [-0.39, 0.29) is 16.6 Å². The molecule has 3 aromatic rings. The van der Waals surface area contributed by atoms with E-state index in [1.165, 1.54) is 4.68 Å². The topological polar surface area (TPSA) is 133 Å². The zero-order valence-corrected chi connectivity index (χ0v) is 14.5. The minimum Gasteiger partial charge on any atom is -0.380 e. The molecule has 0 aliphatic carbocycles. The molecular weight excluding hydrogens is 362 g/mol. The maximum absolute atomic E-state index is 11.5. The molecule has 0 spiro atoms. The molecule has 0 saturated heterocycles. The first-order valence-corrected chi connectivity index (χ1v) is 9.17. The first kappa shape index (κ1) is 17.2. The Bertz CT molecular complexity index is 1070. The zero-order valence-electron chi connectivity index (χ0n) is 12.9. The van der Waals surface area contributed by atoms with Gasteiger partial charge in [0.2, 0.25) is 0 Å². The van der Waals surface area contributed by atoms with Gasteiger partial charge in [0.1, 0.15) is 16.5 Å². The van der Waals surface area contributed by atoms with Gasteiger partial charge in [0, 0.05) is 12.7 Å². The highest BCUT2D eigenvalue weighted by Gasteiger charge is 2.14. The summed E-state index contributed by atoms with van der Waals surface area (Å²) in [5, 5.41) is 22.4. The average Bonchev–Trinajstić information content (AvgIpc) is 2.90. The first-order valence-electron chi connectivity index (χ1n) is 7.17. The highest BCUT2D eigenvalue weighted by atomic mass is 35.5. The lowest BCUT2D eigenvalue weighted by Gasteiger charge is -2.09. The molecule has 3 rings (SSSR count). The molecule has 8 nitrogen and oxygen atoms in total. The first-order chi connectivity index (χ1) is 11.9. The second-order valence-electron chi connectivity index (χ2n) is 5.26. The summed E-state index contributed by atoms with van der Waals surface area (Å²) >= 11 is 6.18. The lowest BCUT2D eigenvalue weighted by atomic mass is 10.2. The van der Waals surface area contributed by atoms with E-state index in [4.69, 9.17) is 26.8 Å². The predicted molar refractivity (Wildman–Crippen MR) is 95.2 cm³/mol. The summed E-state index contributed by atoms with van der Waals surface area (Å²) in [7, 11) is -3.21. The second kappa shape index (κ2) is 6.68. The van der Waals surface area contributed by atoms with Gasteiger partial charge < -0.3 is 5.32 Å². The van der Waals surface area contributed by atoms with Crippen LogP contribution in [0.25, 0.3) is 11.0 Å². The van der Waals surface area contributed by atoms with Crippen molar-refractivity contribution in [3.63, 3.8) is 0 Å². The predicted octanol–water partition coefficient (Wildman–Crippen LogP) is 2.50. The van der Waals surface area contributed by atoms with E-state index in [0.29, 0.717) is 17.6 Å². The van der Waals surface area contributed by atoms with E-state index in [0.717, 1.165) is 11.3 Å². The maximum Gasteiger partial charge on any atom is 0.162 e. The van der Waals surface area contributed by atoms with Crippen LogP contribution in [-0.2, 0) is 23.0 Å². The monoisotopic (exact) mass is 375 g/mol. The summed E-state index contributed by atoms with van der Waals surface area (Å²) < 4.78 is 20.3. The van der Waals surface area contributed by atoms with Crippen molar-refractivity contribution in [2.24, 2.45) is 5.14 Å². The Morgan fingerprint density at radius 1 is 1.36 bits per heavy atom. The van der Waals surface area contributed by atoms with Crippen LogP contribution in [0.15, 0.2) is 41.4 Å². The number of nitrogens with zero attached hydrogens (tertiary/aromatic N) is 4. The molecule has 4 N–H and O–H groups in total. The normalized spacial score (nSPS) is 13.3. The Morgan fingerprint density at radius 2 is 2.08 bits per heavy atom. The fourth-order valence-corrected chi connectivity index (χ4v) is 3.20. The fourth-order valence-electron chi connectivity index (χ4n) is 2.38. The zero-order chi connectivity index (χ0) is 18.0. The number of hydrogen-bond donors (Lipinski definition) is 3. The van der Waals surface area contributed by atoms with Crippen LogP contribution in [0.5, 0.6) is 0 Å². The molecular formula is C15H14ClN7OS. The van der Waals surface area contributed by atoms with Crippen molar-refractivity contribution in [2.75, 3.05) is 5.32 Å². The number of fused-ring (bicyclic) bond motifs is 1. The summed E-state index contributed by atoms with van der Waals surface area (Å²) in [6.45, 7) is 0.537. The minimum absolute atomic E-state index is 0.0621. The summed E-state index contributed by atoms with van der Waals surface area (Å²) in [5.41, 5.74) is 2.19. The smallest absolute Gasteiger partial charge is 0.162 e. The summed E-state index contributed by atoms with van der Waals surface area (Å²) in [6, 6.07) is 10.4. The molecule has 1 unspecified atom stereocenters. The Morgan fingerprint density at radius 3 is 2.72 bits per heavy atom. The van der Waals surface area contributed by atoms with E-state index in [2.05, 4.69) is 15.4 Å². The third kappa shape index (κ3) is 3.56. The number of aromatic nitrogens is 3. The van der Waals surface area contributed by atoms with E-state index in [9.17, 15) is 4.21 Å². The van der Waals surface area contributed by atoms with Crippen molar-refractivity contribution in [3.8, 4) is 6.07 Å². The Hall–Kier alpha value is -2.67. The van der Waals surface area contributed by atoms with Crippen molar-refractivity contribution in [2.45, 2.75) is 18.0 Å². The summed E-state index contributed by atoms with van der Waals surface area (Å²) in [4.78, 5) is 4.51. The minimum atomic E-state index is -3.21. The maximum atomic E-state index is 11.5. The molecule has 2 aromatic heterocycles. The van der Waals surface area contributed by atoms with Crippen LogP contribution in [0.2, 0.25) is 5.15 Å². The number of nitriles is 1. The van der Waals surface area contributed by atoms with Gasteiger partial charge in [-0.15, -0.1) is 0 Å². The van der Waals surface area contributed by atoms with Crippen LogP contribution < -0.4 is 10.5 Å². The second-order valence-corrected chi connectivity index (χ2v) is 7.29. The molecule has 128 valence electrons. The standard InChI is InChI=1S/C15H14ClN7OS/c16-14-13-12(5-7-20-15(13)23(22-14)8-6-17)21-9-10-1-3-11(4-2-10)25(18,19)24/h1-5,7H,8-9H2,(H,20,21)(H3,18,19,24). The van der Waals surface area contributed by atoms with E-state index in [1.54, 1.807) is 36.5 Å². The molecule has 0 fully saturated rings. The van der Waals surface area contributed by atoms with Gasteiger partial charge in [-0.05, 0) is 23.8 Å². The Balaban J connectivity index is 1.85. The van der Waals surface area contributed by atoms with Crippen LogP contribution in [0, 0.1) is 16.1 Å². The summed E-state index contributed by atoms with van der Waals surface area (Å²) in [6.07, 6.45) is 1.61. The van der Waals surface area contributed by atoms with Gasteiger partial charge in [-0.25, -0.2) is 23.8 Å². The highest BCUT2D eigenvalue weighted by Crippen LogP contribution is 2.29. The molecule has 10 heteroatoms. The van der Waals surface area contributed by atoms with E-state index >= 15 is 0 Å². The number of hydrogen-bond acceptors (Lipinski definition) is 6. The molecule has 0 radical (unpaired) electrons. The van der Waals surface area contributed by atoms with Gasteiger partial charge in [0.05, 0.1) is 22.0 Å². The van der Waals surface area contributed by atoms with Gasteiger partial charge in [-0.3, -0.25) is 0 Å². The van der Waals surface area contributed by atoms with E-state index in [1.807, 2.05) is 6.07 Å². The number of nitrogens with one attached hydrogen (secondary N) is 2. The van der Waals surface area contributed by atoms with Crippen LogP contribution in [0.1, 0.15) is 5.56 Å². The van der Waals surface area contributed by atoms with Crippen LogP contribution in [-0.4, -0.2) is 19.0 Å². The van der Waals surface area contributed by atoms with Gasteiger partial charge in [0.25, 0.3) is 0 Å². The van der Waals surface area contributed by atoms with Gasteiger partial charge in [-0.1, -0.05) is 23.7 Å². The summed E-state index contributed by atoms with van der Waals surface area (Å²) in [5.74, 6) is 0. The Kier molecular flexibility index (Phi) is 4.59. The van der Waals surface area contributed by atoms with Crippen LogP contribution in [0.3, 0.4) is 0 Å². The molecule has 0 amide bonds. The largest absolute Gasteiger partial charge is 0.380 e. The lowest BCUT2D eigenvalue weighted by Crippen LogP contribution is -2.10. The van der Waals surface area contributed by atoms with Crippen molar-refractivity contribution in [1.29, 1.82) is 10.0 Å². The number of nitrogens with two attached hydrogens (primary N) is 1. The molecule has 0 aliphatic rings. The van der Waals surface area contributed by atoms with Crippen LogP contribution >= 0.6 is 11.6 Å². The number of anilines is 1. The van der Waals surface area contributed by atoms with Crippen molar-refractivity contribution < 1.29 is 4.21 Å². The number of benzene rings is 1. The fraction of sp³-hybridized carbons (Fsp3) is 0.133. The number of halogens is 1. The number of pyridine rings is 1. The quantitative estimate of drug-likeness (QED) is 0.629. The molecule has 1 atom stereocenters. The van der Waals surface area contributed by atoms with Gasteiger partial charge >= 0.3 is 0 Å². The lowest BCUT2D eigenvalue weighted by molar-refractivity contribution is 0.676. The van der Waals surface area contributed by atoms with Crippen molar-refractivity contribution >= 4 is 38.2 Å². The molecule has 0 saturated carbocycles. The molecule has 0 aliphatic heterocycles. The Labute approximate surface area is 149 Å². The average molecular weight is 376 g/mol. The SMILES string of the molecule is N#CCn1nc(Cl)c2c(NCc3ccc(S(=N)(N)=O)cc3)ccnc21. The third-order valence-electron chi connectivity index (χ3n) is 3.57. The van der Waals surface area contributed by atoms with Crippen molar-refractivity contribution in [1.82, 2.24) is 14.8 Å². The van der Waals surface area contributed by atoms with Crippen molar-refractivity contribution in [3.05, 3.63) is 47.2 Å². The van der Waals surface area contributed by atoms with E-state index < -0.39 is 9.92 Å². The third-order valence-corrected chi connectivity index (χ3v) is 4.80. The molecule has 0 bridgehead atoms. The molecule has 2 heterocycles. The highest BCUT2D eigenvalue weighted by molar-refractivity contribution is 7.90. The van der Waals surface area contributed by atoms with Gasteiger partial charge in [-0.2, -0.15) is 10.4 Å². The van der Waals surface area contributed by atoms with Crippen LogP contribution in [0.4, 0.5) is 5.69 Å².